The van der Waals surface area contributed by atoms with E-state index in [0.717, 1.165) is 52.8 Å². The second kappa shape index (κ2) is 11.4. The summed E-state index contributed by atoms with van der Waals surface area (Å²) in [6, 6.07) is 20.7. The molecule has 1 aromatic heterocycles. The van der Waals surface area contributed by atoms with E-state index in [1.807, 2.05) is 53.7 Å². The highest BCUT2D eigenvalue weighted by atomic mass is 32.2. The quantitative estimate of drug-likeness (QED) is 0.234. The van der Waals surface area contributed by atoms with Crippen molar-refractivity contribution in [2.45, 2.75) is 32.4 Å². The van der Waals surface area contributed by atoms with Crippen LogP contribution in [0, 0.1) is 0 Å². The average Bonchev–Trinajstić information content (AvgIpc) is 3.43. The summed E-state index contributed by atoms with van der Waals surface area (Å²) in [7, 11) is 0. The van der Waals surface area contributed by atoms with E-state index in [4.69, 9.17) is 10.1 Å². The maximum absolute atomic E-state index is 12.8. The topological polar surface area (TPSA) is 58.7 Å². The van der Waals surface area contributed by atoms with Crippen LogP contribution in [0.5, 0.6) is 0 Å². The first-order chi connectivity index (χ1) is 18.8. The fourth-order valence-corrected chi connectivity index (χ4v) is 5.01. The van der Waals surface area contributed by atoms with E-state index in [9.17, 15) is 13.2 Å². The average molecular weight is 549 g/mol. The molecule has 0 radical (unpaired) electrons. The second-order valence-electron chi connectivity index (χ2n) is 9.36. The summed E-state index contributed by atoms with van der Waals surface area (Å²) in [5, 5.41) is 12.0. The number of nitrogens with zero attached hydrogens (tertiary/aromatic N) is 6. The Morgan fingerprint density at radius 1 is 0.974 bits per heavy atom. The van der Waals surface area contributed by atoms with Crippen LogP contribution in [0.25, 0.3) is 17.1 Å². The molecule has 2 heterocycles. The molecule has 0 spiro atoms. The van der Waals surface area contributed by atoms with Crippen LogP contribution < -0.4 is 0 Å². The van der Waals surface area contributed by atoms with Gasteiger partial charge in [-0.3, -0.25) is 0 Å². The third-order valence-electron chi connectivity index (χ3n) is 6.21. The highest BCUT2D eigenvalue weighted by Gasteiger charge is 2.30. The highest BCUT2D eigenvalue weighted by Crippen LogP contribution is 2.31. The standard InChI is InChI=1S/C29H27F3N6S/c1-20(2)25-6-3-4-7-26(25)35-28-37(16-5-17-39-28)34-18-21-8-10-22(11-9-21)27-33-19-38(36-27)24-14-12-23(13-15-24)29(30,31)32/h3-4,6-15,18-20H,5,16-17H2,1-2H3/b34-18-,35-28?. The molecular weight excluding hydrogens is 521 g/mol. The van der Waals surface area contributed by atoms with Gasteiger partial charge in [0.2, 0.25) is 0 Å². The first-order valence-corrected chi connectivity index (χ1v) is 13.6. The third kappa shape index (κ3) is 6.39. The number of hydrazone groups is 1. The molecule has 1 aliphatic heterocycles. The Hall–Kier alpha value is -3.92. The lowest BCUT2D eigenvalue weighted by molar-refractivity contribution is -0.137. The molecule has 1 aliphatic rings. The summed E-state index contributed by atoms with van der Waals surface area (Å²) in [6.07, 6.45) is -0.0517. The Balaban J connectivity index is 1.29. The van der Waals surface area contributed by atoms with Crippen molar-refractivity contribution < 1.29 is 13.2 Å². The van der Waals surface area contributed by atoms with Crippen molar-refractivity contribution in [2.75, 3.05) is 12.3 Å². The molecule has 0 bridgehead atoms. The van der Waals surface area contributed by atoms with E-state index in [1.54, 1.807) is 11.8 Å². The van der Waals surface area contributed by atoms with Crippen molar-refractivity contribution in [1.82, 2.24) is 19.8 Å². The van der Waals surface area contributed by atoms with Gasteiger partial charge in [0.25, 0.3) is 0 Å². The van der Waals surface area contributed by atoms with Crippen molar-refractivity contribution in [2.24, 2.45) is 10.1 Å². The van der Waals surface area contributed by atoms with Crippen molar-refractivity contribution in [3.63, 3.8) is 0 Å². The van der Waals surface area contributed by atoms with E-state index in [0.29, 0.717) is 17.4 Å². The van der Waals surface area contributed by atoms with Crippen molar-refractivity contribution in [1.29, 1.82) is 0 Å². The summed E-state index contributed by atoms with van der Waals surface area (Å²) in [5.74, 6) is 1.87. The SMILES string of the molecule is CC(C)c1ccccc1N=C1SCCCN1/N=C\c1ccc(-c2ncn(-c3ccc(C(F)(F)F)cc3)n2)cc1. The molecule has 5 rings (SSSR count). The zero-order chi connectivity index (χ0) is 27.4. The smallest absolute Gasteiger partial charge is 0.242 e. The highest BCUT2D eigenvalue weighted by molar-refractivity contribution is 8.13. The molecule has 0 N–H and O–H groups in total. The molecule has 0 atom stereocenters. The van der Waals surface area contributed by atoms with Crippen molar-refractivity contribution in [3.05, 3.63) is 95.8 Å². The van der Waals surface area contributed by atoms with Gasteiger partial charge in [0.05, 0.1) is 23.2 Å². The molecule has 1 fully saturated rings. The molecule has 1 saturated heterocycles. The molecule has 4 aromatic rings. The zero-order valence-electron chi connectivity index (χ0n) is 21.5. The molecule has 200 valence electrons. The minimum Gasteiger partial charge on any atom is -0.242 e. The monoisotopic (exact) mass is 548 g/mol. The fraction of sp³-hybridized carbons (Fsp3) is 0.241. The number of aromatic nitrogens is 3. The summed E-state index contributed by atoms with van der Waals surface area (Å²) >= 11 is 1.71. The molecule has 0 amide bonds. The lowest BCUT2D eigenvalue weighted by Crippen LogP contribution is -2.29. The third-order valence-corrected chi connectivity index (χ3v) is 7.26. The Kier molecular flexibility index (Phi) is 7.83. The molecule has 3 aromatic carbocycles. The van der Waals surface area contributed by atoms with Gasteiger partial charge in [0.1, 0.15) is 6.33 Å². The van der Waals surface area contributed by atoms with Crippen LogP contribution in [-0.2, 0) is 6.18 Å². The zero-order valence-corrected chi connectivity index (χ0v) is 22.3. The minimum absolute atomic E-state index is 0.380. The molecule has 10 heteroatoms. The Bertz CT molecular complexity index is 1470. The van der Waals surface area contributed by atoms with Gasteiger partial charge in [0, 0.05) is 17.9 Å². The van der Waals surface area contributed by atoms with Gasteiger partial charge >= 0.3 is 6.18 Å². The number of aliphatic imine (C=N–C) groups is 1. The number of benzene rings is 3. The van der Waals surface area contributed by atoms with E-state index in [1.165, 1.54) is 28.7 Å². The predicted molar refractivity (Wildman–Crippen MR) is 151 cm³/mol. The Morgan fingerprint density at radius 3 is 2.44 bits per heavy atom. The number of rotatable bonds is 6. The number of halogens is 3. The Morgan fingerprint density at radius 2 is 1.72 bits per heavy atom. The lowest BCUT2D eigenvalue weighted by atomic mass is 10.0. The number of alkyl halides is 3. The van der Waals surface area contributed by atoms with Gasteiger partial charge in [-0.05, 0) is 53.8 Å². The van der Waals surface area contributed by atoms with Crippen molar-refractivity contribution in [3.8, 4) is 17.1 Å². The predicted octanol–water partition coefficient (Wildman–Crippen LogP) is 7.54. The van der Waals surface area contributed by atoms with Crippen LogP contribution >= 0.6 is 11.8 Å². The number of hydrogen-bond donors (Lipinski definition) is 0. The number of amidine groups is 1. The molecule has 0 aliphatic carbocycles. The van der Waals surface area contributed by atoms with Crippen LogP contribution in [-0.4, -0.2) is 43.5 Å². The largest absolute Gasteiger partial charge is 0.416 e. The van der Waals surface area contributed by atoms with E-state index in [2.05, 4.69) is 30.0 Å². The molecule has 39 heavy (non-hydrogen) atoms. The van der Waals surface area contributed by atoms with Crippen molar-refractivity contribution >= 4 is 28.8 Å². The molecular formula is C29H27F3N6S. The molecule has 0 saturated carbocycles. The second-order valence-corrected chi connectivity index (χ2v) is 10.4. The number of hydrogen-bond acceptors (Lipinski definition) is 5. The van der Waals surface area contributed by atoms with Crippen LogP contribution in [0.1, 0.15) is 42.9 Å². The minimum atomic E-state index is -4.38. The number of para-hydroxylation sites is 1. The Labute approximate surface area is 229 Å². The van der Waals surface area contributed by atoms with Gasteiger partial charge in [-0.1, -0.05) is 68.1 Å². The van der Waals surface area contributed by atoms with Gasteiger partial charge in [-0.15, -0.1) is 5.10 Å². The van der Waals surface area contributed by atoms with E-state index in [-0.39, 0.29) is 0 Å². The van der Waals surface area contributed by atoms with Crippen LogP contribution in [0.15, 0.2) is 89.2 Å². The molecule has 6 nitrogen and oxygen atoms in total. The van der Waals surface area contributed by atoms with Gasteiger partial charge in [0.15, 0.2) is 11.0 Å². The van der Waals surface area contributed by atoms with E-state index < -0.39 is 11.7 Å². The maximum Gasteiger partial charge on any atom is 0.416 e. The van der Waals surface area contributed by atoms with Crippen LogP contribution in [0.2, 0.25) is 0 Å². The first-order valence-electron chi connectivity index (χ1n) is 12.6. The summed E-state index contributed by atoms with van der Waals surface area (Å²) in [5.41, 5.74) is 3.69. The number of thioether (sulfide) groups is 1. The summed E-state index contributed by atoms with van der Waals surface area (Å²) in [6.45, 7) is 5.14. The van der Waals surface area contributed by atoms with Crippen LogP contribution in [0.4, 0.5) is 18.9 Å². The lowest BCUT2D eigenvalue weighted by Gasteiger charge is -2.25. The van der Waals surface area contributed by atoms with Gasteiger partial charge < -0.3 is 0 Å². The molecule has 0 unspecified atom stereocenters. The fourth-order valence-electron chi connectivity index (χ4n) is 4.10. The first kappa shape index (κ1) is 26.7. The van der Waals surface area contributed by atoms with Gasteiger partial charge in [-0.25, -0.2) is 19.7 Å². The van der Waals surface area contributed by atoms with Crippen LogP contribution in [0.3, 0.4) is 0 Å². The summed E-state index contributed by atoms with van der Waals surface area (Å²) < 4.78 is 40.0. The normalized spacial score (nSPS) is 15.5. The van der Waals surface area contributed by atoms with Gasteiger partial charge in [-0.2, -0.15) is 18.3 Å². The van der Waals surface area contributed by atoms with E-state index >= 15 is 0 Å². The summed E-state index contributed by atoms with van der Waals surface area (Å²) in [4.78, 5) is 9.27. The maximum atomic E-state index is 12.8.